The van der Waals surface area contributed by atoms with Gasteiger partial charge in [-0.25, -0.2) is 9.78 Å². The highest BCUT2D eigenvalue weighted by Gasteiger charge is 2.33. The minimum atomic E-state index is -0.534. The van der Waals surface area contributed by atoms with Crippen LogP contribution in [0.1, 0.15) is 67.6 Å². The number of pyridine rings is 1. The molecule has 2 saturated heterocycles. The van der Waals surface area contributed by atoms with Crippen molar-refractivity contribution in [3.63, 3.8) is 0 Å². The highest BCUT2D eigenvalue weighted by atomic mass is 32.1. The first kappa shape index (κ1) is 21.7. The monoisotopic (exact) mass is 445 g/mol. The van der Waals surface area contributed by atoms with Gasteiger partial charge in [0, 0.05) is 37.5 Å². The van der Waals surface area contributed by atoms with Crippen LogP contribution >= 0.6 is 11.3 Å². The number of rotatable bonds is 3. The van der Waals surface area contributed by atoms with Crippen molar-refractivity contribution in [2.24, 2.45) is 5.73 Å². The molecule has 2 aromatic heterocycles. The van der Waals surface area contributed by atoms with Gasteiger partial charge in [-0.1, -0.05) is 0 Å². The van der Waals surface area contributed by atoms with Crippen molar-refractivity contribution >= 4 is 45.1 Å². The zero-order valence-electron chi connectivity index (χ0n) is 18.4. The van der Waals surface area contributed by atoms with Crippen LogP contribution in [0.5, 0.6) is 0 Å². The van der Waals surface area contributed by atoms with Gasteiger partial charge in [0.1, 0.15) is 21.1 Å². The van der Waals surface area contributed by atoms with Crippen LogP contribution in [0.3, 0.4) is 0 Å². The van der Waals surface area contributed by atoms with Crippen molar-refractivity contribution in [1.29, 1.82) is 0 Å². The second-order valence-electron chi connectivity index (χ2n) is 9.42. The Morgan fingerprint density at radius 3 is 2.55 bits per heavy atom. The summed E-state index contributed by atoms with van der Waals surface area (Å²) in [5, 5.41) is 0.801. The molecule has 0 saturated carbocycles. The molecule has 4 N–H and O–H groups in total. The Morgan fingerprint density at radius 2 is 1.90 bits per heavy atom. The molecule has 31 heavy (non-hydrogen) atoms. The van der Waals surface area contributed by atoms with Crippen molar-refractivity contribution in [3.05, 3.63) is 16.5 Å². The molecule has 0 aromatic carbocycles. The fourth-order valence-corrected chi connectivity index (χ4v) is 5.41. The van der Waals surface area contributed by atoms with Crippen LogP contribution < -0.4 is 16.4 Å². The highest BCUT2D eigenvalue weighted by molar-refractivity contribution is 7.21. The SMILES string of the molecule is CC(C)(C)OC(=O)N1CCC(c2cc(N3CCCCC3)nc3sc(C(N)=O)c(N)c23)C1. The van der Waals surface area contributed by atoms with Gasteiger partial charge in [-0.2, -0.15) is 0 Å². The number of fused-ring (bicyclic) bond motifs is 1. The fraction of sp³-hybridized carbons (Fsp3) is 0.591. The van der Waals surface area contributed by atoms with Gasteiger partial charge >= 0.3 is 6.09 Å². The zero-order valence-corrected chi connectivity index (χ0v) is 19.3. The maximum Gasteiger partial charge on any atom is 0.410 e. The van der Waals surface area contributed by atoms with Crippen molar-refractivity contribution in [2.75, 3.05) is 36.8 Å². The van der Waals surface area contributed by atoms with Gasteiger partial charge in [-0.05, 0) is 58.1 Å². The Bertz CT molecular complexity index is 1010. The molecule has 2 fully saturated rings. The second kappa shape index (κ2) is 8.18. The first-order valence-electron chi connectivity index (χ1n) is 10.9. The van der Waals surface area contributed by atoms with Crippen LogP contribution in [-0.2, 0) is 4.74 Å². The van der Waals surface area contributed by atoms with Crippen molar-refractivity contribution < 1.29 is 14.3 Å². The Labute approximate surface area is 186 Å². The maximum absolute atomic E-state index is 12.6. The number of nitrogens with zero attached hydrogens (tertiary/aromatic N) is 3. The zero-order chi connectivity index (χ0) is 22.3. The Balaban J connectivity index is 1.71. The van der Waals surface area contributed by atoms with E-state index in [0.717, 1.165) is 53.9 Å². The molecule has 2 aromatic rings. The summed E-state index contributed by atoms with van der Waals surface area (Å²) in [7, 11) is 0. The number of ether oxygens (including phenoxy) is 1. The van der Waals surface area contributed by atoms with Gasteiger partial charge in [-0.3, -0.25) is 4.79 Å². The summed E-state index contributed by atoms with van der Waals surface area (Å²) in [6.07, 6.45) is 4.02. The number of hydrogen-bond donors (Lipinski definition) is 2. The summed E-state index contributed by atoms with van der Waals surface area (Å²) in [4.78, 5) is 34.5. The average Bonchev–Trinajstić information content (AvgIpc) is 3.32. The molecule has 4 heterocycles. The molecule has 0 radical (unpaired) electrons. The maximum atomic E-state index is 12.6. The van der Waals surface area contributed by atoms with Crippen molar-refractivity contribution in [3.8, 4) is 0 Å². The van der Waals surface area contributed by atoms with E-state index in [1.54, 1.807) is 4.90 Å². The van der Waals surface area contributed by atoms with E-state index in [-0.39, 0.29) is 12.0 Å². The molecular weight excluding hydrogens is 414 g/mol. The number of primary amides is 1. The Morgan fingerprint density at radius 1 is 1.19 bits per heavy atom. The number of amides is 2. The van der Waals surface area contributed by atoms with Crippen LogP contribution in [0.25, 0.3) is 10.2 Å². The average molecular weight is 446 g/mol. The number of likely N-dealkylation sites (tertiary alicyclic amines) is 1. The van der Waals surface area contributed by atoms with Crippen LogP contribution in [0.2, 0.25) is 0 Å². The molecule has 9 heteroatoms. The smallest absolute Gasteiger partial charge is 0.410 e. The van der Waals surface area contributed by atoms with Gasteiger partial charge in [0.25, 0.3) is 5.91 Å². The summed E-state index contributed by atoms with van der Waals surface area (Å²) in [5.41, 5.74) is 12.8. The molecule has 2 aliphatic rings. The highest BCUT2D eigenvalue weighted by Crippen LogP contribution is 2.42. The second-order valence-corrected chi connectivity index (χ2v) is 10.4. The number of anilines is 2. The molecular formula is C22H31N5O3S. The van der Waals surface area contributed by atoms with Crippen LogP contribution in [0.15, 0.2) is 6.07 Å². The minimum absolute atomic E-state index is 0.0965. The van der Waals surface area contributed by atoms with Gasteiger partial charge in [0.15, 0.2) is 0 Å². The third kappa shape index (κ3) is 4.42. The van der Waals surface area contributed by atoms with Gasteiger partial charge < -0.3 is 26.0 Å². The molecule has 8 nitrogen and oxygen atoms in total. The summed E-state index contributed by atoms with van der Waals surface area (Å²) in [6, 6.07) is 2.10. The van der Waals surface area contributed by atoms with E-state index in [1.807, 2.05) is 20.8 Å². The fourth-order valence-electron chi connectivity index (χ4n) is 4.43. The number of carbonyl (C=O) groups excluding carboxylic acids is 2. The summed E-state index contributed by atoms with van der Waals surface area (Å²) in [5.74, 6) is 0.474. The van der Waals surface area contributed by atoms with E-state index in [2.05, 4.69) is 11.0 Å². The number of hydrogen-bond acceptors (Lipinski definition) is 7. The van der Waals surface area contributed by atoms with E-state index in [4.69, 9.17) is 21.2 Å². The Kier molecular flexibility index (Phi) is 5.72. The first-order chi connectivity index (χ1) is 14.6. The van der Waals surface area contributed by atoms with Gasteiger partial charge in [-0.15, -0.1) is 11.3 Å². The number of carbonyl (C=O) groups is 2. The Hall–Kier alpha value is -2.55. The van der Waals surface area contributed by atoms with E-state index >= 15 is 0 Å². The number of nitrogen functional groups attached to an aromatic ring is 1. The predicted molar refractivity (Wildman–Crippen MR) is 124 cm³/mol. The topological polar surface area (TPSA) is 115 Å². The van der Waals surface area contributed by atoms with Crippen molar-refractivity contribution in [2.45, 2.75) is 58.0 Å². The molecule has 0 aliphatic carbocycles. The number of nitrogens with two attached hydrogens (primary N) is 2. The van der Waals surface area contributed by atoms with E-state index in [9.17, 15) is 9.59 Å². The lowest BCUT2D eigenvalue weighted by Gasteiger charge is -2.28. The molecule has 0 spiro atoms. The third-order valence-electron chi connectivity index (χ3n) is 5.90. The quantitative estimate of drug-likeness (QED) is 0.744. The van der Waals surface area contributed by atoms with Gasteiger partial charge in [0.05, 0.1) is 5.69 Å². The number of piperidine rings is 1. The molecule has 168 valence electrons. The molecule has 0 bridgehead atoms. The third-order valence-corrected chi connectivity index (χ3v) is 7.01. The summed E-state index contributed by atoms with van der Waals surface area (Å²) >= 11 is 1.26. The van der Waals surface area contributed by atoms with E-state index in [0.29, 0.717) is 23.7 Å². The normalized spacial score (nSPS) is 19.8. The van der Waals surface area contributed by atoms with E-state index in [1.165, 1.54) is 17.8 Å². The van der Waals surface area contributed by atoms with Crippen LogP contribution in [0, 0.1) is 0 Å². The molecule has 2 amide bonds. The lowest BCUT2D eigenvalue weighted by atomic mass is 9.95. The lowest BCUT2D eigenvalue weighted by molar-refractivity contribution is 0.0292. The van der Waals surface area contributed by atoms with Crippen LogP contribution in [-0.4, -0.2) is 53.7 Å². The first-order valence-corrected chi connectivity index (χ1v) is 11.7. The van der Waals surface area contributed by atoms with Gasteiger partial charge in [0.2, 0.25) is 0 Å². The largest absolute Gasteiger partial charge is 0.444 e. The molecule has 1 atom stereocenters. The lowest BCUT2D eigenvalue weighted by Crippen LogP contribution is -2.35. The molecule has 1 unspecified atom stereocenters. The van der Waals surface area contributed by atoms with E-state index < -0.39 is 11.5 Å². The van der Waals surface area contributed by atoms with Crippen molar-refractivity contribution in [1.82, 2.24) is 9.88 Å². The van der Waals surface area contributed by atoms with Crippen LogP contribution in [0.4, 0.5) is 16.3 Å². The number of aromatic nitrogens is 1. The predicted octanol–water partition coefficient (Wildman–Crippen LogP) is 3.69. The minimum Gasteiger partial charge on any atom is -0.444 e. The molecule has 4 rings (SSSR count). The summed E-state index contributed by atoms with van der Waals surface area (Å²) in [6.45, 7) is 8.71. The number of thiophene rings is 1. The molecule has 2 aliphatic heterocycles. The summed E-state index contributed by atoms with van der Waals surface area (Å²) < 4.78 is 5.55. The standard InChI is InChI=1S/C22H31N5O3S/c1-22(2,3)30-21(29)27-10-7-13(12-27)14-11-15(26-8-5-4-6-9-26)25-20-16(14)17(23)18(31-20)19(24)28/h11,13H,4-10,12,23H2,1-3H3,(H2,24,28).